The third kappa shape index (κ3) is 4.68. The number of hydrogen-bond acceptors (Lipinski definition) is 3. The Kier molecular flexibility index (Phi) is 6.49. The molecule has 0 saturated heterocycles. The van der Waals surface area contributed by atoms with Crippen LogP contribution in [0.2, 0.25) is 0 Å². The molecule has 4 heteroatoms. The van der Waals surface area contributed by atoms with Gasteiger partial charge in [-0.1, -0.05) is 123 Å². The van der Waals surface area contributed by atoms with Crippen molar-refractivity contribution in [2.75, 3.05) is 4.90 Å². The molecule has 0 radical (unpaired) electrons. The third-order valence-electron chi connectivity index (χ3n) is 10.6. The minimum Gasteiger partial charge on any atom is -0.310 e. The van der Waals surface area contributed by atoms with E-state index in [2.05, 4.69) is 158 Å². The zero-order valence-corrected chi connectivity index (χ0v) is 28.5. The van der Waals surface area contributed by atoms with E-state index in [-0.39, 0.29) is 5.41 Å². The van der Waals surface area contributed by atoms with Crippen LogP contribution in [0.1, 0.15) is 25.0 Å². The molecule has 1 heterocycles. The van der Waals surface area contributed by atoms with Crippen LogP contribution in [0.3, 0.4) is 0 Å². The number of hydrogen-bond donors (Lipinski definition) is 0. The van der Waals surface area contributed by atoms with Crippen LogP contribution in [0.5, 0.6) is 0 Å². The summed E-state index contributed by atoms with van der Waals surface area (Å²) < 4.78 is 0. The van der Waals surface area contributed by atoms with E-state index in [1.54, 1.807) is 4.80 Å². The number of rotatable bonds is 5. The highest BCUT2D eigenvalue weighted by Crippen LogP contribution is 2.50. The summed E-state index contributed by atoms with van der Waals surface area (Å²) in [4.78, 5) is 4.11. The Hall–Kier alpha value is -6.52. The molecule has 0 saturated carbocycles. The minimum atomic E-state index is -0.0737. The fourth-order valence-electron chi connectivity index (χ4n) is 8.03. The topological polar surface area (TPSA) is 34.0 Å². The van der Waals surface area contributed by atoms with Crippen LogP contribution >= 0.6 is 0 Å². The number of nitrogens with zero attached hydrogens (tertiary/aromatic N) is 4. The van der Waals surface area contributed by atoms with E-state index in [1.165, 1.54) is 33.0 Å². The highest BCUT2D eigenvalue weighted by atomic mass is 15.5. The van der Waals surface area contributed by atoms with Gasteiger partial charge in [-0.2, -0.15) is 4.80 Å². The number of anilines is 3. The van der Waals surface area contributed by atoms with Crippen molar-refractivity contribution in [3.05, 3.63) is 181 Å². The van der Waals surface area contributed by atoms with E-state index in [1.807, 2.05) is 30.3 Å². The zero-order chi connectivity index (χ0) is 34.1. The normalized spacial score (nSPS) is 13.1. The molecular weight excluding hydrogens is 621 g/mol. The van der Waals surface area contributed by atoms with Gasteiger partial charge in [-0.3, -0.25) is 0 Å². The second kappa shape index (κ2) is 11.3. The van der Waals surface area contributed by atoms with Crippen LogP contribution in [0, 0.1) is 0 Å². The molecule has 0 amide bonds. The fraction of sp³-hybridized carbons (Fsp3) is 0.0638. The van der Waals surface area contributed by atoms with Crippen molar-refractivity contribution in [1.82, 2.24) is 15.0 Å². The molecule has 0 aliphatic heterocycles. The molecule has 1 aromatic heterocycles. The lowest BCUT2D eigenvalue weighted by Crippen LogP contribution is -2.16. The maximum absolute atomic E-state index is 4.99. The number of para-hydroxylation sites is 2. The van der Waals surface area contributed by atoms with Crippen LogP contribution in [-0.4, -0.2) is 15.0 Å². The fourth-order valence-corrected chi connectivity index (χ4v) is 8.03. The average molecular weight is 655 g/mol. The summed E-state index contributed by atoms with van der Waals surface area (Å²) in [6, 6.07) is 60.9. The van der Waals surface area contributed by atoms with Gasteiger partial charge >= 0.3 is 0 Å². The van der Waals surface area contributed by atoms with Gasteiger partial charge in [-0.25, -0.2) is 0 Å². The Balaban J connectivity index is 1.06. The van der Waals surface area contributed by atoms with Crippen molar-refractivity contribution in [1.29, 1.82) is 0 Å². The molecule has 10 rings (SSSR count). The summed E-state index contributed by atoms with van der Waals surface area (Å²) >= 11 is 0. The van der Waals surface area contributed by atoms with E-state index in [0.717, 1.165) is 55.7 Å². The SMILES string of the molecule is CC1(C)c2ccccc2-c2ccc(N(c3ccccc3)c3ccc(-c4ccc5ccc6ccc7nn(-c8ccccc8)nc7c6c5c4)cc3)cc21. The molecule has 0 spiro atoms. The van der Waals surface area contributed by atoms with Crippen molar-refractivity contribution in [2.45, 2.75) is 19.3 Å². The molecule has 0 unspecified atom stereocenters. The Labute approximate surface area is 296 Å². The lowest BCUT2D eigenvalue weighted by Gasteiger charge is -2.28. The van der Waals surface area contributed by atoms with Crippen LogP contribution < -0.4 is 4.90 Å². The van der Waals surface area contributed by atoms with Gasteiger partial charge in [-0.05, 0) is 110 Å². The van der Waals surface area contributed by atoms with E-state index in [9.17, 15) is 0 Å². The highest BCUT2D eigenvalue weighted by molar-refractivity contribution is 6.18. The molecule has 0 fully saturated rings. The molecule has 0 bridgehead atoms. The Morgan fingerprint density at radius 1 is 0.490 bits per heavy atom. The quantitative estimate of drug-likeness (QED) is 0.173. The summed E-state index contributed by atoms with van der Waals surface area (Å²) in [7, 11) is 0. The van der Waals surface area contributed by atoms with Crippen molar-refractivity contribution < 1.29 is 0 Å². The first-order valence-corrected chi connectivity index (χ1v) is 17.5. The first-order valence-electron chi connectivity index (χ1n) is 17.5. The summed E-state index contributed by atoms with van der Waals surface area (Å²) in [6.45, 7) is 4.68. The average Bonchev–Trinajstić information content (AvgIpc) is 3.72. The van der Waals surface area contributed by atoms with Crippen molar-refractivity contribution in [2.24, 2.45) is 0 Å². The zero-order valence-electron chi connectivity index (χ0n) is 28.5. The predicted octanol–water partition coefficient (Wildman–Crippen LogP) is 12.2. The smallest absolute Gasteiger partial charge is 0.122 e. The lowest BCUT2D eigenvalue weighted by atomic mass is 9.82. The van der Waals surface area contributed by atoms with Crippen molar-refractivity contribution >= 4 is 49.6 Å². The second-order valence-electron chi connectivity index (χ2n) is 14.0. The van der Waals surface area contributed by atoms with Gasteiger partial charge in [0.25, 0.3) is 0 Å². The molecule has 0 atom stereocenters. The summed E-state index contributed by atoms with van der Waals surface area (Å²) in [6.07, 6.45) is 0. The molecule has 1 aliphatic rings. The number of benzene rings is 8. The summed E-state index contributed by atoms with van der Waals surface area (Å²) in [5.74, 6) is 0. The Bertz CT molecular complexity index is 2760. The van der Waals surface area contributed by atoms with Crippen LogP contribution in [-0.2, 0) is 5.41 Å². The molecule has 242 valence electrons. The van der Waals surface area contributed by atoms with Crippen molar-refractivity contribution in [3.8, 4) is 27.9 Å². The van der Waals surface area contributed by atoms with E-state index < -0.39 is 0 Å². The van der Waals surface area contributed by atoms with Crippen LogP contribution in [0.25, 0.3) is 60.5 Å². The van der Waals surface area contributed by atoms with Crippen molar-refractivity contribution in [3.63, 3.8) is 0 Å². The van der Waals surface area contributed by atoms with Gasteiger partial charge in [0.15, 0.2) is 0 Å². The van der Waals surface area contributed by atoms with E-state index in [4.69, 9.17) is 10.2 Å². The van der Waals surface area contributed by atoms with Gasteiger partial charge in [0.2, 0.25) is 0 Å². The number of fused-ring (bicyclic) bond motifs is 8. The molecule has 51 heavy (non-hydrogen) atoms. The lowest BCUT2D eigenvalue weighted by molar-refractivity contribution is 0.660. The van der Waals surface area contributed by atoms with Gasteiger partial charge in [-0.15, -0.1) is 10.2 Å². The van der Waals surface area contributed by atoms with Crippen LogP contribution in [0.15, 0.2) is 170 Å². The first-order chi connectivity index (χ1) is 25.0. The summed E-state index contributed by atoms with van der Waals surface area (Å²) in [5.41, 5.74) is 13.8. The molecule has 9 aromatic rings. The molecule has 4 nitrogen and oxygen atoms in total. The third-order valence-corrected chi connectivity index (χ3v) is 10.6. The van der Waals surface area contributed by atoms with E-state index in [0.29, 0.717) is 0 Å². The van der Waals surface area contributed by atoms with Crippen LogP contribution in [0.4, 0.5) is 17.1 Å². The molecular formula is C47H34N4. The maximum Gasteiger partial charge on any atom is 0.122 e. The Morgan fingerprint density at radius 3 is 1.94 bits per heavy atom. The molecule has 8 aromatic carbocycles. The largest absolute Gasteiger partial charge is 0.310 e. The Morgan fingerprint density at radius 2 is 1.12 bits per heavy atom. The van der Waals surface area contributed by atoms with Gasteiger partial charge < -0.3 is 4.90 Å². The molecule has 1 aliphatic carbocycles. The first kappa shape index (κ1) is 29.4. The maximum atomic E-state index is 4.99. The van der Waals surface area contributed by atoms with Gasteiger partial charge in [0.05, 0.1) is 5.69 Å². The molecule has 0 N–H and O–H groups in total. The van der Waals surface area contributed by atoms with Gasteiger partial charge in [0, 0.05) is 27.9 Å². The second-order valence-corrected chi connectivity index (χ2v) is 14.0. The monoisotopic (exact) mass is 654 g/mol. The highest BCUT2D eigenvalue weighted by Gasteiger charge is 2.35. The standard InChI is InChI=1S/C47H34N4/c1-47(2)42-16-10-9-15-39(42)40-27-26-38(30-43(40)47)50(35-11-5-3-6-12-35)36-24-21-31(22-25-36)34-20-18-32-17-19-33-23-28-44-46(45(33)41(32)29-34)49-51(48-44)37-13-7-4-8-14-37/h3-30H,1-2H3. The summed E-state index contributed by atoms with van der Waals surface area (Å²) in [5, 5.41) is 14.5. The number of aromatic nitrogens is 3. The minimum absolute atomic E-state index is 0.0737. The predicted molar refractivity (Wildman–Crippen MR) is 212 cm³/mol. The van der Waals surface area contributed by atoms with Gasteiger partial charge in [0.1, 0.15) is 11.0 Å². The van der Waals surface area contributed by atoms with E-state index >= 15 is 0 Å².